The number of hydrogen-bond acceptors (Lipinski definition) is 4. The number of carboxylic acids is 1. The molecule has 0 aromatic carbocycles. The fraction of sp³-hybridized carbons (Fsp3) is 0.727. The van der Waals surface area contributed by atoms with Crippen LogP contribution in [0.2, 0.25) is 0 Å². The standard InChI is InChI=1S/C11H19N3O4/c1-7-3-2-4-14(10(7)11(17)18)9(16)6-13-8(15)5-12/h7,10H,2-6,12H2,1H3,(H,13,15)(H,17,18). The Hall–Kier alpha value is -1.63. The third kappa shape index (κ3) is 3.43. The fourth-order valence-electron chi connectivity index (χ4n) is 2.19. The van der Waals surface area contributed by atoms with E-state index in [2.05, 4.69) is 5.32 Å². The third-order valence-electron chi connectivity index (χ3n) is 3.13. The molecule has 0 spiro atoms. The summed E-state index contributed by atoms with van der Waals surface area (Å²) in [5.41, 5.74) is 5.10. The van der Waals surface area contributed by atoms with Crippen LogP contribution in [-0.4, -0.2) is 53.5 Å². The molecular formula is C11H19N3O4. The maximum atomic E-state index is 11.9. The SMILES string of the molecule is CC1CCCN(C(=O)CNC(=O)CN)C1C(=O)O. The predicted molar refractivity (Wildman–Crippen MR) is 63.6 cm³/mol. The van der Waals surface area contributed by atoms with Gasteiger partial charge < -0.3 is 21.1 Å². The fourth-order valence-corrected chi connectivity index (χ4v) is 2.19. The Morgan fingerprint density at radius 1 is 1.44 bits per heavy atom. The average molecular weight is 257 g/mol. The van der Waals surface area contributed by atoms with Gasteiger partial charge in [0.1, 0.15) is 6.04 Å². The largest absolute Gasteiger partial charge is 0.480 e. The lowest BCUT2D eigenvalue weighted by Gasteiger charge is -2.37. The summed E-state index contributed by atoms with van der Waals surface area (Å²) in [7, 11) is 0. The molecule has 1 fully saturated rings. The van der Waals surface area contributed by atoms with Crippen LogP contribution in [0.15, 0.2) is 0 Å². The second-order valence-corrected chi connectivity index (χ2v) is 4.47. The molecule has 1 rings (SSSR count). The molecule has 1 heterocycles. The van der Waals surface area contributed by atoms with E-state index in [4.69, 9.17) is 10.8 Å². The molecule has 1 aliphatic heterocycles. The van der Waals surface area contributed by atoms with Gasteiger partial charge in [-0.25, -0.2) is 4.79 Å². The van der Waals surface area contributed by atoms with Crippen molar-refractivity contribution in [1.82, 2.24) is 10.2 Å². The molecule has 7 heteroatoms. The van der Waals surface area contributed by atoms with E-state index < -0.39 is 17.9 Å². The number of carbonyl (C=O) groups is 3. The van der Waals surface area contributed by atoms with Crippen LogP contribution in [0.3, 0.4) is 0 Å². The van der Waals surface area contributed by atoms with Crippen molar-refractivity contribution in [2.75, 3.05) is 19.6 Å². The van der Waals surface area contributed by atoms with Crippen LogP contribution in [0.4, 0.5) is 0 Å². The van der Waals surface area contributed by atoms with Gasteiger partial charge >= 0.3 is 5.97 Å². The van der Waals surface area contributed by atoms with Crippen molar-refractivity contribution in [2.45, 2.75) is 25.8 Å². The number of likely N-dealkylation sites (tertiary alicyclic amines) is 1. The molecular weight excluding hydrogens is 238 g/mol. The molecule has 0 bridgehead atoms. The van der Waals surface area contributed by atoms with Gasteiger partial charge in [-0.15, -0.1) is 0 Å². The highest BCUT2D eigenvalue weighted by molar-refractivity contribution is 5.88. The van der Waals surface area contributed by atoms with Gasteiger partial charge in [-0.2, -0.15) is 0 Å². The van der Waals surface area contributed by atoms with Crippen molar-refractivity contribution in [3.8, 4) is 0 Å². The van der Waals surface area contributed by atoms with E-state index in [1.54, 1.807) is 0 Å². The Kier molecular flexibility index (Phi) is 5.08. The van der Waals surface area contributed by atoms with Crippen LogP contribution in [-0.2, 0) is 14.4 Å². The van der Waals surface area contributed by atoms with Crippen LogP contribution < -0.4 is 11.1 Å². The molecule has 7 nitrogen and oxygen atoms in total. The number of rotatable bonds is 4. The van der Waals surface area contributed by atoms with E-state index in [9.17, 15) is 14.4 Å². The Morgan fingerprint density at radius 2 is 2.11 bits per heavy atom. The predicted octanol–water partition coefficient (Wildman–Crippen LogP) is -1.23. The Labute approximate surface area is 105 Å². The maximum Gasteiger partial charge on any atom is 0.326 e. The molecule has 2 unspecified atom stereocenters. The molecule has 102 valence electrons. The van der Waals surface area contributed by atoms with Crippen molar-refractivity contribution in [3.05, 3.63) is 0 Å². The summed E-state index contributed by atoms with van der Waals surface area (Å²) >= 11 is 0. The second kappa shape index (κ2) is 6.34. The molecule has 1 saturated heterocycles. The number of nitrogens with one attached hydrogen (secondary N) is 1. The number of amides is 2. The Bertz CT molecular complexity index is 345. The van der Waals surface area contributed by atoms with Crippen molar-refractivity contribution < 1.29 is 19.5 Å². The van der Waals surface area contributed by atoms with Crippen LogP contribution in [0, 0.1) is 5.92 Å². The van der Waals surface area contributed by atoms with Crippen molar-refractivity contribution in [3.63, 3.8) is 0 Å². The minimum Gasteiger partial charge on any atom is -0.480 e. The van der Waals surface area contributed by atoms with E-state index in [-0.39, 0.29) is 24.9 Å². The first-order valence-electron chi connectivity index (χ1n) is 5.96. The zero-order valence-corrected chi connectivity index (χ0v) is 10.4. The normalized spacial score (nSPS) is 23.6. The maximum absolute atomic E-state index is 11.9. The lowest BCUT2D eigenvalue weighted by Crippen LogP contribution is -2.54. The average Bonchev–Trinajstić information content (AvgIpc) is 2.34. The lowest BCUT2D eigenvalue weighted by molar-refractivity contribution is -0.154. The summed E-state index contributed by atoms with van der Waals surface area (Å²) < 4.78 is 0. The quantitative estimate of drug-likeness (QED) is 0.584. The summed E-state index contributed by atoms with van der Waals surface area (Å²) in [6.07, 6.45) is 1.57. The first-order chi connectivity index (χ1) is 8.47. The second-order valence-electron chi connectivity index (χ2n) is 4.47. The lowest BCUT2D eigenvalue weighted by atomic mass is 9.91. The molecule has 0 radical (unpaired) electrons. The zero-order valence-electron chi connectivity index (χ0n) is 10.4. The molecule has 2 amide bonds. The summed E-state index contributed by atoms with van der Waals surface area (Å²) in [4.78, 5) is 35.3. The van der Waals surface area contributed by atoms with Gasteiger partial charge in [-0.1, -0.05) is 6.92 Å². The van der Waals surface area contributed by atoms with Gasteiger partial charge in [-0.05, 0) is 18.8 Å². The highest BCUT2D eigenvalue weighted by Gasteiger charge is 2.36. The number of hydrogen-bond donors (Lipinski definition) is 3. The van der Waals surface area contributed by atoms with Crippen molar-refractivity contribution >= 4 is 17.8 Å². The topological polar surface area (TPSA) is 113 Å². The van der Waals surface area contributed by atoms with Crippen molar-refractivity contribution in [2.24, 2.45) is 11.7 Å². The monoisotopic (exact) mass is 257 g/mol. The summed E-state index contributed by atoms with van der Waals surface area (Å²) in [6, 6.07) is -0.805. The molecule has 0 aromatic rings. The van der Waals surface area contributed by atoms with E-state index in [1.807, 2.05) is 6.92 Å². The van der Waals surface area contributed by atoms with Crippen LogP contribution in [0.5, 0.6) is 0 Å². The Morgan fingerprint density at radius 3 is 2.67 bits per heavy atom. The highest BCUT2D eigenvalue weighted by atomic mass is 16.4. The van der Waals surface area contributed by atoms with E-state index in [0.717, 1.165) is 12.8 Å². The minimum absolute atomic E-state index is 0.0783. The molecule has 4 N–H and O–H groups in total. The smallest absolute Gasteiger partial charge is 0.326 e. The van der Waals surface area contributed by atoms with Crippen LogP contribution in [0.25, 0.3) is 0 Å². The van der Waals surface area contributed by atoms with Gasteiger partial charge in [0.25, 0.3) is 0 Å². The highest BCUT2D eigenvalue weighted by Crippen LogP contribution is 2.23. The van der Waals surface area contributed by atoms with E-state index in [0.29, 0.717) is 6.54 Å². The number of carbonyl (C=O) groups excluding carboxylic acids is 2. The number of piperidine rings is 1. The van der Waals surface area contributed by atoms with Gasteiger partial charge in [0.15, 0.2) is 0 Å². The van der Waals surface area contributed by atoms with Gasteiger partial charge in [0, 0.05) is 6.54 Å². The number of aliphatic carboxylic acids is 1. The van der Waals surface area contributed by atoms with Gasteiger partial charge in [0.05, 0.1) is 13.1 Å². The molecule has 2 atom stereocenters. The van der Waals surface area contributed by atoms with Gasteiger partial charge in [-0.3, -0.25) is 9.59 Å². The first kappa shape index (κ1) is 14.4. The Balaban J connectivity index is 2.63. The van der Waals surface area contributed by atoms with Crippen molar-refractivity contribution in [1.29, 1.82) is 0 Å². The minimum atomic E-state index is -0.999. The molecule has 1 aliphatic rings. The molecule has 0 aromatic heterocycles. The summed E-state index contributed by atoms with van der Waals surface area (Å²) in [5, 5.41) is 11.5. The number of carboxylic acid groups (broad SMARTS) is 1. The molecule has 18 heavy (non-hydrogen) atoms. The molecule has 0 saturated carbocycles. The van der Waals surface area contributed by atoms with Gasteiger partial charge in [0.2, 0.25) is 11.8 Å². The summed E-state index contributed by atoms with van der Waals surface area (Å²) in [5.74, 6) is -1.89. The van der Waals surface area contributed by atoms with Crippen LogP contribution >= 0.6 is 0 Å². The van der Waals surface area contributed by atoms with E-state index >= 15 is 0 Å². The number of nitrogens with two attached hydrogens (primary N) is 1. The third-order valence-corrected chi connectivity index (χ3v) is 3.13. The van der Waals surface area contributed by atoms with E-state index in [1.165, 1.54) is 4.90 Å². The molecule has 0 aliphatic carbocycles. The summed E-state index contributed by atoms with van der Waals surface area (Å²) in [6.45, 7) is 1.84. The van der Waals surface area contributed by atoms with Crippen LogP contribution in [0.1, 0.15) is 19.8 Å². The number of nitrogens with zero attached hydrogens (tertiary/aromatic N) is 1. The zero-order chi connectivity index (χ0) is 13.7. The first-order valence-corrected chi connectivity index (χ1v) is 5.96.